The van der Waals surface area contributed by atoms with Crippen molar-refractivity contribution in [2.75, 3.05) is 13.1 Å². The summed E-state index contributed by atoms with van der Waals surface area (Å²) in [6.07, 6.45) is 7.23. The molecule has 3 heteroatoms. The molecule has 1 aromatic heterocycles. The fourth-order valence-corrected chi connectivity index (χ4v) is 2.89. The molecule has 0 aliphatic carbocycles. The number of hydrogen-bond donors (Lipinski definition) is 1. The highest BCUT2D eigenvalue weighted by molar-refractivity contribution is 4.97. The molecule has 1 aromatic rings. The van der Waals surface area contributed by atoms with Crippen molar-refractivity contribution in [1.82, 2.24) is 10.2 Å². The molecule has 1 fully saturated rings. The summed E-state index contributed by atoms with van der Waals surface area (Å²) in [7, 11) is 0. The van der Waals surface area contributed by atoms with E-state index in [9.17, 15) is 0 Å². The van der Waals surface area contributed by atoms with E-state index in [-0.39, 0.29) is 0 Å². The summed E-state index contributed by atoms with van der Waals surface area (Å²) in [5.41, 5.74) is 0. The highest BCUT2D eigenvalue weighted by Crippen LogP contribution is 2.18. The van der Waals surface area contributed by atoms with Crippen molar-refractivity contribution >= 4 is 0 Å². The van der Waals surface area contributed by atoms with Crippen LogP contribution in [-0.4, -0.2) is 30.1 Å². The van der Waals surface area contributed by atoms with E-state index < -0.39 is 0 Å². The van der Waals surface area contributed by atoms with E-state index in [1.54, 1.807) is 6.26 Å². The standard InChI is InChI=1S/C15H26N2O/c1-13-7-4-3-5-9-17(13)14(2)11-16-12-15-8-6-10-18-15/h6,8,10,13-14,16H,3-5,7,9,11-12H2,1-2H3. The Morgan fingerprint density at radius 1 is 1.44 bits per heavy atom. The highest BCUT2D eigenvalue weighted by Gasteiger charge is 2.21. The number of nitrogens with one attached hydrogen (secondary N) is 1. The Morgan fingerprint density at radius 2 is 2.33 bits per heavy atom. The predicted octanol–water partition coefficient (Wildman–Crippen LogP) is 3.02. The second-order valence-corrected chi connectivity index (χ2v) is 5.50. The molecule has 2 rings (SSSR count). The van der Waals surface area contributed by atoms with Crippen LogP contribution >= 0.6 is 0 Å². The zero-order valence-corrected chi connectivity index (χ0v) is 11.7. The van der Waals surface area contributed by atoms with Gasteiger partial charge in [-0.15, -0.1) is 0 Å². The Kier molecular flexibility index (Phi) is 5.26. The van der Waals surface area contributed by atoms with Crippen molar-refractivity contribution in [1.29, 1.82) is 0 Å². The summed E-state index contributed by atoms with van der Waals surface area (Å²) < 4.78 is 5.33. The third kappa shape index (κ3) is 3.85. The minimum absolute atomic E-state index is 0.605. The van der Waals surface area contributed by atoms with Gasteiger partial charge in [0.25, 0.3) is 0 Å². The van der Waals surface area contributed by atoms with Crippen molar-refractivity contribution in [3.05, 3.63) is 24.2 Å². The molecule has 1 aliphatic rings. The summed E-state index contributed by atoms with van der Waals surface area (Å²) in [4.78, 5) is 2.65. The fourth-order valence-electron chi connectivity index (χ4n) is 2.89. The molecule has 1 aliphatic heterocycles. The molecule has 102 valence electrons. The first-order valence-electron chi connectivity index (χ1n) is 7.26. The van der Waals surface area contributed by atoms with Crippen LogP contribution in [-0.2, 0) is 6.54 Å². The van der Waals surface area contributed by atoms with Crippen LogP contribution < -0.4 is 5.32 Å². The van der Waals surface area contributed by atoms with Gasteiger partial charge >= 0.3 is 0 Å². The molecule has 3 nitrogen and oxygen atoms in total. The largest absolute Gasteiger partial charge is 0.468 e. The third-order valence-electron chi connectivity index (χ3n) is 3.99. The molecular formula is C15H26N2O. The Balaban J connectivity index is 1.74. The molecule has 0 aromatic carbocycles. The maximum Gasteiger partial charge on any atom is 0.117 e. The number of likely N-dealkylation sites (tertiary alicyclic amines) is 1. The van der Waals surface area contributed by atoms with E-state index in [0.717, 1.165) is 24.9 Å². The van der Waals surface area contributed by atoms with Crippen molar-refractivity contribution in [2.24, 2.45) is 0 Å². The molecule has 0 amide bonds. The average Bonchev–Trinajstić information content (AvgIpc) is 2.77. The van der Waals surface area contributed by atoms with Crippen molar-refractivity contribution < 1.29 is 4.42 Å². The normalized spacial score (nSPS) is 23.8. The number of rotatable bonds is 5. The SMILES string of the molecule is CC1CCCCCN1C(C)CNCc1ccco1. The lowest BCUT2D eigenvalue weighted by Gasteiger charge is -2.33. The van der Waals surface area contributed by atoms with Gasteiger partial charge in [-0.3, -0.25) is 4.90 Å². The highest BCUT2D eigenvalue weighted by atomic mass is 16.3. The smallest absolute Gasteiger partial charge is 0.117 e. The topological polar surface area (TPSA) is 28.4 Å². The molecule has 1 N–H and O–H groups in total. The molecule has 2 heterocycles. The summed E-state index contributed by atoms with van der Waals surface area (Å²) in [6.45, 7) is 7.82. The number of furan rings is 1. The van der Waals surface area contributed by atoms with Gasteiger partial charge < -0.3 is 9.73 Å². The zero-order valence-electron chi connectivity index (χ0n) is 11.7. The van der Waals surface area contributed by atoms with Gasteiger partial charge in [0.15, 0.2) is 0 Å². The lowest BCUT2D eigenvalue weighted by atomic mass is 10.1. The van der Waals surface area contributed by atoms with Crippen LogP contribution in [0.2, 0.25) is 0 Å². The van der Waals surface area contributed by atoms with Gasteiger partial charge in [-0.1, -0.05) is 12.8 Å². The summed E-state index contributed by atoms with van der Waals surface area (Å²) in [6, 6.07) is 5.30. The quantitative estimate of drug-likeness (QED) is 0.870. The van der Waals surface area contributed by atoms with E-state index in [0.29, 0.717) is 6.04 Å². The van der Waals surface area contributed by atoms with Crippen LogP contribution in [0.5, 0.6) is 0 Å². The summed E-state index contributed by atoms with van der Waals surface area (Å²) in [5, 5.41) is 3.49. The average molecular weight is 250 g/mol. The molecule has 0 radical (unpaired) electrons. The molecule has 0 bridgehead atoms. The third-order valence-corrected chi connectivity index (χ3v) is 3.99. The number of nitrogens with zero attached hydrogens (tertiary/aromatic N) is 1. The van der Waals surface area contributed by atoms with E-state index in [1.807, 2.05) is 12.1 Å². The Morgan fingerprint density at radius 3 is 3.11 bits per heavy atom. The van der Waals surface area contributed by atoms with Gasteiger partial charge in [0.2, 0.25) is 0 Å². The minimum Gasteiger partial charge on any atom is -0.468 e. The van der Waals surface area contributed by atoms with Crippen molar-refractivity contribution in [3.63, 3.8) is 0 Å². The van der Waals surface area contributed by atoms with Crippen LogP contribution in [0.15, 0.2) is 22.8 Å². The molecule has 0 saturated carbocycles. The summed E-state index contributed by atoms with van der Waals surface area (Å²) >= 11 is 0. The monoisotopic (exact) mass is 250 g/mol. The first-order valence-corrected chi connectivity index (χ1v) is 7.26. The first kappa shape index (κ1) is 13.6. The first-order chi connectivity index (χ1) is 8.77. The molecule has 2 unspecified atom stereocenters. The van der Waals surface area contributed by atoms with E-state index >= 15 is 0 Å². The fraction of sp³-hybridized carbons (Fsp3) is 0.733. The predicted molar refractivity (Wildman–Crippen MR) is 74.5 cm³/mol. The van der Waals surface area contributed by atoms with Crippen molar-refractivity contribution in [2.45, 2.75) is 58.2 Å². The summed E-state index contributed by atoms with van der Waals surface area (Å²) in [5.74, 6) is 1.02. The molecule has 0 spiro atoms. The maximum atomic E-state index is 5.33. The van der Waals surface area contributed by atoms with Gasteiger partial charge in [0.05, 0.1) is 12.8 Å². The van der Waals surface area contributed by atoms with Gasteiger partial charge in [0.1, 0.15) is 5.76 Å². The molecule has 18 heavy (non-hydrogen) atoms. The Bertz CT molecular complexity index is 323. The van der Waals surface area contributed by atoms with Crippen LogP contribution in [0.3, 0.4) is 0 Å². The molecule has 1 saturated heterocycles. The van der Waals surface area contributed by atoms with Crippen LogP contribution in [0.4, 0.5) is 0 Å². The van der Waals surface area contributed by atoms with E-state index in [4.69, 9.17) is 4.42 Å². The van der Waals surface area contributed by atoms with E-state index in [1.165, 1.54) is 32.2 Å². The Labute approximate surface area is 111 Å². The van der Waals surface area contributed by atoms with Gasteiger partial charge in [-0.05, 0) is 45.4 Å². The minimum atomic E-state index is 0.605. The molecular weight excluding hydrogens is 224 g/mol. The van der Waals surface area contributed by atoms with Gasteiger partial charge in [-0.2, -0.15) is 0 Å². The van der Waals surface area contributed by atoms with Gasteiger partial charge in [0, 0.05) is 18.6 Å². The van der Waals surface area contributed by atoms with Crippen LogP contribution in [0.1, 0.15) is 45.3 Å². The zero-order chi connectivity index (χ0) is 12.8. The lowest BCUT2D eigenvalue weighted by molar-refractivity contribution is 0.154. The van der Waals surface area contributed by atoms with Crippen LogP contribution in [0.25, 0.3) is 0 Å². The van der Waals surface area contributed by atoms with Crippen molar-refractivity contribution in [3.8, 4) is 0 Å². The second kappa shape index (κ2) is 6.95. The number of hydrogen-bond acceptors (Lipinski definition) is 3. The second-order valence-electron chi connectivity index (χ2n) is 5.50. The Hall–Kier alpha value is -0.800. The van der Waals surface area contributed by atoms with E-state index in [2.05, 4.69) is 24.1 Å². The molecule has 2 atom stereocenters. The van der Waals surface area contributed by atoms with Gasteiger partial charge in [-0.25, -0.2) is 0 Å². The van der Waals surface area contributed by atoms with Crippen LogP contribution in [0, 0.1) is 0 Å². The lowest BCUT2D eigenvalue weighted by Crippen LogP contribution is -2.44. The maximum absolute atomic E-state index is 5.33.